The molecule has 0 atom stereocenters. The van der Waals surface area contributed by atoms with E-state index < -0.39 is 0 Å². The fourth-order valence-corrected chi connectivity index (χ4v) is 2.65. The minimum Gasteiger partial charge on any atom is -0.372 e. The van der Waals surface area contributed by atoms with E-state index in [2.05, 4.69) is 42.7 Å². The van der Waals surface area contributed by atoms with Crippen molar-refractivity contribution in [2.75, 3.05) is 33.5 Å². The second-order valence-corrected chi connectivity index (χ2v) is 7.18. The fraction of sp³-hybridized carbons (Fsp3) is 0.524. The van der Waals surface area contributed by atoms with Gasteiger partial charge in [-0.2, -0.15) is 5.10 Å². The molecule has 6 nitrogen and oxygen atoms in total. The van der Waals surface area contributed by atoms with Gasteiger partial charge in [0.25, 0.3) is 0 Å². The fourth-order valence-electron chi connectivity index (χ4n) is 2.65. The van der Waals surface area contributed by atoms with Gasteiger partial charge in [-0.25, -0.2) is 0 Å². The summed E-state index contributed by atoms with van der Waals surface area (Å²) in [6.07, 6.45) is 2.20. The molecule has 0 aromatic heterocycles. The summed E-state index contributed by atoms with van der Waals surface area (Å²) < 4.78 is 16.3. The second kappa shape index (κ2) is 10.2. The van der Waals surface area contributed by atoms with Crippen LogP contribution in [-0.4, -0.2) is 51.7 Å². The highest BCUT2D eigenvalue weighted by Crippen LogP contribution is 2.22. The van der Waals surface area contributed by atoms with Crippen molar-refractivity contribution < 1.29 is 14.2 Å². The number of benzene rings is 1. The maximum atomic E-state index is 5.69. The molecule has 1 aliphatic rings. The Bertz CT molecular complexity index is 735. The lowest BCUT2D eigenvalue weighted by molar-refractivity contribution is -0.215. The van der Waals surface area contributed by atoms with Gasteiger partial charge in [0.2, 0.25) is 0 Å². The lowest BCUT2D eigenvalue weighted by Gasteiger charge is -2.33. The third-order valence-electron chi connectivity index (χ3n) is 4.14. The number of rotatable bonds is 6. The molecule has 0 amide bonds. The molecule has 146 valence electrons. The molecule has 1 saturated heterocycles. The van der Waals surface area contributed by atoms with Gasteiger partial charge in [-0.1, -0.05) is 38.7 Å². The number of hydrogen-bond donors (Lipinski definition) is 1. The molecule has 0 radical (unpaired) electrons. The first-order valence-electron chi connectivity index (χ1n) is 9.11. The van der Waals surface area contributed by atoms with E-state index >= 15 is 0 Å². The molecule has 0 saturated carbocycles. The standard InChI is InChI=1S/C21H29N3O3/c1-5-17-11-16(7-6-10-25-4)8-9-18(17)19(24-22)12-23-13-20-26-14-21(2,3)15-27-20/h8-9,11-12,20H,5,10,13-15,22H2,1-4H3/b23-12?,24-19+. The Morgan fingerprint density at radius 1 is 1.37 bits per heavy atom. The number of hydrazone groups is 1. The van der Waals surface area contributed by atoms with E-state index in [1.54, 1.807) is 13.3 Å². The molecule has 2 rings (SSSR count). The van der Waals surface area contributed by atoms with Gasteiger partial charge in [0, 0.05) is 29.9 Å². The average molecular weight is 371 g/mol. The predicted molar refractivity (Wildman–Crippen MR) is 108 cm³/mol. The molecule has 27 heavy (non-hydrogen) atoms. The highest BCUT2D eigenvalue weighted by Gasteiger charge is 2.27. The summed E-state index contributed by atoms with van der Waals surface area (Å²) >= 11 is 0. The van der Waals surface area contributed by atoms with E-state index in [9.17, 15) is 0 Å². The smallest absolute Gasteiger partial charge is 0.176 e. The first kappa shape index (κ1) is 21.1. The molecular weight excluding hydrogens is 342 g/mol. The average Bonchev–Trinajstić information content (AvgIpc) is 2.67. The molecule has 0 bridgehead atoms. The maximum absolute atomic E-state index is 5.69. The van der Waals surface area contributed by atoms with Crippen LogP contribution >= 0.6 is 0 Å². The van der Waals surface area contributed by atoms with Gasteiger partial charge in [-0.3, -0.25) is 4.99 Å². The van der Waals surface area contributed by atoms with Crippen molar-refractivity contribution in [1.29, 1.82) is 0 Å². The Hall–Kier alpha value is -2.20. The Morgan fingerprint density at radius 2 is 2.11 bits per heavy atom. The normalized spacial score (nSPS) is 17.7. The van der Waals surface area contributed by atoms with Crippen LogP contribution in [0.4, 0.5) is 0 Å². The van der Waals surface area contributed by atoms with Crippen molar-refractivity contribution in [2.24, 2.45) is 21.4 Å². The number of hydrogen-bond acceptors (Lipinski definition) is 6. The SMILES string of the molecule is CCc1cc(C#CCOC)ccc1/C(C=NCC1OCC(C)(C)CO1)=N/N. The van der Waals surface area contributed by atoms with Crippen LogP contribution in [0.2, 0.25) is 0 Å². The van der Waals surface area contributed by atoms with Crippen molar-refractivity contribution in [3.8, 4) is 11.8 Å². The Labute approximate surface area is 161 Å². The summed E-state index contributed by atoms with van der Waals surface area (Å²) in [6, 6.07) is 5.97. The number of aryl methyl sites for hydroxylation is 1. The quantitative estimate of drug-likeness (QED) is 0.360. The van der Waals surface area contributed by atoms with Gasteiger partial charge in [-0.15, -0.1) is 0 Å². The van der Waals surface area contributed by atoms with E-state index in [0.29, 0.717) is 32.1 Å². The van der Waals surface area contributed by atoms with Crippen LogP contribution in [0.15, 0.2) is 28.3 Å². The lowest BCUT2D eigenvalue weighted by Crippen LogP contribution is -2.39. The zero-order chi connectivity index (χ0) is 19.7. The summed E-state index contributed by atoms with van der Waals surface area (Å²) in [5.41, 5.74) is 3.68. The number of ether oxygens (including phenoxy) is 3. The van der Waals surface area contributed by atoms with Crippen molar-refractivity contribution in [2.45, 2.75) is 33.5 Å². The first-order valence-corrected chi connectivity index (χ1v) is 9.11. The van der Waals surface area contributed by atoms with Crippen LogP contribution in [0.1, 0.15) is 37.5 Å². The largest absolute Gasteiger partial charge is 0.372 e. The highest BCUT2D eigenvalue weighted by molar-refractivity contribution is 6.38. The molecule has 1 heterocycles. The third kappa shape index (κ3) is 6.47. The summed E-state index contributed by atoms with van der Waals surface area (Å²) in [5.74, 6) is 11.7. The molecule has 1 fully saturated rings. The van der Waals surface area contributed by atoms with E-state index in [0.717, 1.165) is 23.1 Å². The van der Waals surface area contributed by atoms with Gasteiger partial charge in [0.1, 0.15) is 12.3 Å². The molecule has 1 aliphatic heterocycles. The van der Waals surface area contributed by atoms with Crippen LogP contribution in [-0.2, 0) is 20.6 Å². The molecular formula is C21H29N3O3. The topological polar surface area (TPSA) is 78.4 Å². The summed E-state index contributed by atoms with van der Waals surface area (Å²) in [7, 11) is 1.63. The van der Waals surface area contributed by atoms with Crippen LogP contribution in [0, 0.1) is 17.3 Å². The molecule has 0 unspecified atom stereocenters. The van der Waals surface area contributed by atoms with Gasteiger partial charge in [0.15, 0.2) is 6.29 Å². The Morgan fingerprint density at radius 3 is 2.74 bits per heavy atom. The van der Waals surface area contributed by atoms with Crippen molar-refractivity contribution in [3.63, 3.8) is 0 Å². The highest BCUT2D eigenvalue weighted by atomic mass is 16.7. The summed E-state index contributed by atoms with van der Waals surface area (Å²) in [6.45, 7) is 8.46. The maximum Gasteiger partial charge on any atom is 0.176 e. The third-order valence-corrected chi connectivity index (χ3v) is 4.14. The number of nitrogens with two attached hydrogens (primary N) is 1. The van der Waals surface area contributed by atoms with E-state index in [1.807, 2.05) is 18.2 Å². The Kier molecular flexibility index (Phi) is 7.99. The van der Waals surface area contributed by atoms with Gasteiger partial charge in [-0.05, 0) is 24.1 Å². The zero-order valence-corrected chi connectivity index (χ0v) is 16.6. The van der Waals surface area contributed by atoms with Crippen molar-refractivity contribution in [1.82, 2.24) is 0 Å². The zero-order valence-electron chi connectivity index (χ0n) is 16.6. The minimum absolute atomic E-state index is 0.0496. The second-order valence-electron chi connectivity index (χ2n) is 7.18. The lowest BCUT2D eigenvalue weighted by atomic mass is 9.96. The number of nitrogens with zero attached hydrogens (tertiary/aromatic N) is 2. The molecule has 0 aliphatic carbocycles. The number of aliphatic imine (C=N–C) groups is 1. The Balaban J connectivity index is 2.05. The molecule has 2 N–H and O–H groups in total. The van der Waals surface area contributed by atoms with Crippen LogP contribution in [0.3, 0.4) is 0 Å². The molecule has 1 aromatic rings. The van der Waals surface area contributed by atoms with Crippen LogP contribution < -0.4 is 5.84 Å². The minimum atomic E-state index is -0.322. The molecule has 0 spiro atoms. The summed E-state index contributed by atoms with van der Waals surface area (Å²) in [5, 5.41) is 3.91. The van der Waals surface area contributed by atoms with Gasteiger partial charge >= 0.3 is 0 Å². The first-order chi connectivity index (χ1) is 13.0. The van der Waals surface area contributed by atoms with Gasteiger partial charge in [0.05, 0.1) is 19.8 Å². The monoisotopic (exact) mass is 371 g/mol. The van der Waals surface area contributed by atoms with Crippen molar-refractivity contribution in [3.05, 3.63) is 34.9 Å². The molecule has 6 heteroatoms. The van der Waals surface area contributed by atoms with E-state index in [1.165, 1.54) is 0 Å². The van der Waals surface area contributed by atoms with Crippen molar-refractivity contribution >= 4 is 11.9 Å². The van der Waals surface area contributed by atoms with E-state index in [4.69, 9.17) is 20.1 Å². The van der Waals surface area contributed by atoms with Crippen LogP contribution in [0.25, 0.3) is 0 Å². The van der Waals surface area contributed by atoms with Gasteiger partial charge < -0.3 is 20.1 Å². The summed E-state index contributed by atoms with van der Waals surface area (Å²) in [4.78, 5) is 4.42. The predicted octanol–water partition coefficient (Wildman–Crippen LogP) is 2.38. The number of methoxy groups -OCH3 is 1. The van der Waals surface area contributed by atoms with Crippen LogP contribution in [0.5, 0.6) is 0 Å². The van der Waals surface area contributed by atoms with E-state index in [-0.39, 0.29) is 11.7 Å². The molecule has 1 aromatic carbocycles.